The predicted octanol–water partition coefficient (Wildman–Crippen LogP) is 3.74. The minimum absolute atomic E-state index is 0.0810. The number of nitrogens with zero attached hydrogens (tertiary/aromatic N) is 2. The molecule has 2 aliphatic heterocycles. The Morgan fingerprint density at radius 2 is 2.19 bits per heavy atom. The van der Waals surface area contributed by atoms with Crippen molar-refractivity contribution in [2.75, 3.05) is 0 Å². The molecule has 0 spiro atoms. The van der Waals surface area contributed by atoms with E-state index in [4.69, 9.17) is 9.47 Å². The van der Waals surface area contributed by atoms with Crippen molar-refractivity contribution in [2.24, 2.45) is 11.8 Å². The second-order valence-electron chi connectivity index (χ2n) is 8.10. The lowest BCUT2D eigenvalue weighted by atomic mass is 9.80. The molecule has 1 aromatic rings. The molecule has 3 aliphatic rings. The largest absolute Gasteiger partial charge is 0.459 e. The number of halogens is 3. The Balaban J connectivity index is 1.56. The van der Waals surface area contributed by atoms with E-state index in [1.54, 1.807) is 0 Å². The number of carbonyl (C=O) groups excluding carboxylic acids is 1. The van der Waals surface area contributed by atoms with Crippen LogP contribution in [0.15, 0.2) is 24.2 Å². The highest BCUT2D eigenvalue weighted by Crippen LogP contribution is 2.50. The average molecular weight is 384 g/mol. The third-order valence-corrected chi connectivity index (χ3v) is 6.07. The van der Waals surface area contributed by atoms with Crippen molar-refractivity contribution >= 4 is 5.97 Å². The van der Waals surface area contributed by atoms with E-state index in [2.05, 4.69) is 18.0 Å². The fourth-order valence-corrected chi connectivity index (χ4v) is 4.38. The zero-order valence-corrected chi connectivity index (χ0v) is 15.3. The van der Waals surface area contributed by atoms with Crippen LogP contribution >= 0.6 is 0 Å². The molecule has 0 bridgehead atoms. The third kappa shape index (κ3) is 3.51. The molecule has 2 saturated heterocycles. The van der Waals surface area contributed by atoms with Gasteiger partial charge in [0.2, 0.25) is 0 Å². The van der Waals surface area contributed by atoms with E-state index in [0.29, 0.717) is 0 Å². The first-order valence-electron chi connectivity index (χ1n) is 9.30. The van der Waals surface area contributed by atoms with Crippen molar-refractivity contribution in [1.29, 1.82) is 0 Å². The van der Waals surface area contributed by atoms with E-state index in [1.165, 1.54) is 10.1 Å². The van der Waals surface area contributed by atoms with Crippen molar-refractivity contribution in [3.63, 3.8) is 0 Å². The van der Waals surface area contributed by atoms with Gasteiger partial charge >= 0.3 is 12.1 Å². The maximum absolute atomic E-state index is 12.8. The molecule has 2 fully saturated rings. The number of carbonyl (C=O) groups is 1. The Kier molecular flexibility index (Phi) is 4.36. The van der Waals surface area contributed by atoms with Gasteiger partial charge < -0.3 is 14.0 Å². The molecule has 5 atom stereocenters. The summed E-state index contributed by atoms with van der Waals surface area (Å²) < 4.78 is 51.3. The lowest BCUT2D eigenvalue weighted by Gasteiger charge is -2.22. The Morgan fingerprint density at radius 1 is 1.41 bits per heavy atom. The van der Waals surface area contributed by atoms with Crippen LogP contribution in [0.25, 0.3) is 0 Å². The van der Waals surface area contributed by atoms with E-state index < -0.39 is 17.8 Å². The summed E-state index contributed by atoms with van der Waals surface area (Å²) in [5.41, 5.74) is 0.0229. The highest BCUT2D eigenvalue weighted by atomic mass is 19.4. The van der Waals surface area contributed by atoms with Crippen LogP contribution in [0.1, 0.15) is 45.2 Å². The summed E-state index contributed by atoms with van der Waals surface area (Å²) in [4.78, 5) is 16.0. The van der Waals surface area contributed by atoms with Gasteiger partial charge in [0, 0.05) is 18.7 Å². The number of hydrogen-bond donors (Lipinski definition) is 0. The lowest BCUT2D eigenvalue weighted by molar-refractivity contribution is -0.145. The van der Waals surface area contributed by atoms with E-state index in [-0.39, 0.29) is 36.2 Å². The molecule has 1 aromatic heterocycles. The quantitative estimate of drug-likeness (QED) is 0.443. The van der Waals surface area contributed by atoms with Gasteiger partial charge in [0.15, 0.2) is 5.69 Å². The van der Waals surface area contributed by atoms with Crippen molar-refractivity contribution in [3.05, 3.63) is 29.9 Å². The lowest BCUT2D eigenvalue weighted by Crippen LogP contribution is -2.31. The van der Waals surface area contributed by atoms with Gasteiger partial charge in [0.25, 0.3) is 0 Å². The van der Waals surface area contributed by atoms with Crippen LogP contribution in [-0.4, -0.2) is 33.3 Å². The Hall–Kier alpha value is -1.83. The first kappa shape index (κ1) is 18.5. The molecule has 0 unspecified atom stereocenters. The number of allylic oxidation sites excluding steroid dienone is 2. The fourth-order valence-electron chi connectivity index (χ4n) is 4.38. The van der Waals surface area contributed by atoms with Crippen molar-refractivity contribution in [3.8, 4) is 0 Å². The second-order valence-corrected chi connectivity index (χ2v) is 8.10. The first-order chi connectivity index (χ1) is 12.7. The number of fused-ring (bicyclic) bond motifs is 3. The molecule has 27 heavy (non-hydrogen) atoms. The average Bonchev–Trinajstić information content (AvgIpc) is 2.92. The number of ether oxygens (including phenoxy) is 2. The number of epoxide rings is 1. The summed E-state index contributed by atoms with van der Waals surface area (Å²) in [5.74, 6) is -0.931. The topological polar surface area (TPSA) is 56.6 Å². The van der Waals surface area contributed by atoms with Crippen LogP contribution in [-0.2, 0) is 27.0 Å². The molecule has 0 amide bonds. The van der Waals surface area contributed by atoms with E-state index in [9.17, 15) is 18.0 Å². The molecule has 0 N–H and O–H groups in total. The zero-order chi connectivity index (χ0) is 19.4. The molecule has 4 rings (SSSR count). The highest BCUT2D eigenvalue weighted by Gasteiger charge is 2.62. The Morgan fingerprint density at radius 3 is 2.89 bits per heavy atom. The van der Waals surface area contributed by atoms with E-state index in [0.717, 1.165) is 38.2 Å². The number of alkyl halides is 3. The number of esters is 1. The van der Waals surface area contributed by atoms with E-state index >= 15 is 0 Å². The molecule has 0 saturated carbocycles. The maximum Gasteiger partial charge on any atom is 0.434 e. The van der Waals surface area contributed by atoms with Crippen molar-refractivity contribution in [2.45, 2.75) is 70.1 Å². The van der Waals surface area contributed by atoms with Gasteiger partial charge in [0.1, 0.15) is 12.2 Å². The highest BCUT2D eigenvalue weighted by molar-refractivity contribution is 5.75. The van der Waals surface area contributed by atoms with E-state index in [1.807, 2.05) is 6.92 Å². The maximum atomic E-state index is 12.8. The minimum atomic E-state index is -4.49. The van der Waals surface area contributed by atoms with Gasteiger partial charge in [-0.3, -0.25) is 4.79 Å². The van der Waals surface area contributed by atoms with Crippen LogP contribution in [0.2, 0.25) is 0 Å². The molecule has 0 aromatic carbocycles. The SMILES string of the molecule is CC1=CCC[C@@]2(C)O[C@@H]2[C@H]2OC(=O)[C@@H](Cn3cnc(C(F)(F)F)c3)[C@@H]2CC1. The molecule has 8 heteroatoms. The molecule has 3 heterocycles. The summed E-state index contributed by atoms with van der Waals surface area (Å²) in [5, 5.41) is 0. The molecular weight excluding hydrogens is 361 g/mol. The van der Waals surface area contributed by atoms with Gasteiger partial charge in [-0.05, 0) is 39.5 Å². The number of aromatic nitrogens is 2. The van der Waals surface area contributed by atoms with Crippen LogP contribution in [0.3, 0.4) is 0 Å². The molecule has 5 nitrogen and oxygen atoms in total. The molecule has 0 radical (unpaired) electrons. The number of hydrogen-bond acceptors (Lipinski definition) is 4. The minimum Gasteiger partial charge on any atom is -0.459 e. The van der Waals surface area contributed by atoms with Crippen LogP contribution in [0.5, 0.6) is 0 Å². The fraction of sp³-hybridized carbons (Fsp3) is 0.684. The molecule has 148 valence electrons. The summed E-state index contributed by atoms with van der Waals surface area (Å²) in [6, 6.07) is 0. The Labute approximate surface area is 155 Å². The summed E-state index contributed by atoms with van der Waals surface area (Å²) in [7, 11) is 0. The predicted molar refractivity (Wildman–Crippen MR) is 89.6 cm³/mol. The monoisotopic (exact) mass is 384 g/mol. The van der Waals surface area contributed by atoms with Crippen molar-refractivity contribution < 1.29 is 27.4 Å². The molecular formula is C19H23F3N2O3. The summed E-state index contributed by atoms with van der Waals surface area (Å²) >= 11 is 0. The normalized spacial score (nSPS) is 36.5. The van der Waals surface area contributed by atoms with Crippen LogP contribution < -0.4 is 0 Å². The van der Waals surface area contributed by atoms with Gasteiger partial charge in [-0.25, -0.2) is 4.98 Å². The van der Waals surface area contributed by atoms with Gasteiger partial charge in [-0.1, -0.05) is 11.6 Å². The summed E-state index contributed by atoms with van der Waals surface area (Å²) in [6.45, 7) is 4.24. The standard InChI is InChI=1S/C19H23F3N2O3/c1-11-4-3-7-18(2)16(27-18)15-12(6-5-11)13(17(25)26-15)8-24-9-14(23-10-24)19(20,21)22/h4,9-10,12-13,15-16H,3,5-8H2,1-2H3/t12-,13-,15-,16+,18+/m0/s1. The van der Waals surface area contributed by atoms with Crippen molar-refractivity contribution in [1.82, 2.24) is 9.55 Å². The van der Waals surface area contributed by atoms with Gasteiger partial charge in [0.05, 0.1) is 17.8 Å². The number of imidazole rings is 1. The zero-order valence-electron chi connectivity index (χ0n) is 15.3. The first-order valence-corrected chi connectivity index (χ1v) is 9.30. The second kappa shape index (κ2) is 6.36. The van der Waals surface area contributed by atoms with Gasteiger partial charge in [-0.15, -0.1) is 0 Å². The number of rotatable bonds is 2. The molecule has 1 aliphatic carbocycles. The van der Waals surface area contributed by atoms with Crippen LogP contribution in [0.4, 0.5) is 13.2 Å². The Bertz CT molecular complexity index is 772. The van der Waals surface area contributed by atoms with Crippen LogP contribution in [0, 0.1) is 11.8 Å². The van der Waals surface area contributed by atoms with Gasteiger partial charge in [-0.2, -0.15) is 13.2 Å². The smallest absolute Gasteiger partial charge is 0.434 e. The summed E-state index contributed by atoms with van der Waals surface area (Å²) in [6.07, 6.45) is 2.74. The third-order valence-electron chi connectivity index (χ3n) is 6.07.